The van der Waals surface area contributed by atoms with E-state index in [0.29, 0.717) is 10.7 Å². The lowest BCUT2D eigenvalue weighted by molar-refractivity contribution is 0.164. The molecule has 0 amide bonds. The van der Waals surface area contributed by atoms with E-state index in [-0.39, 0.29) is 11.3 Å². The molecule has 90 valence electrons. The van der Waals surface area contributed by atoms with E-state index in [2.05, 4.69) is 0 Å². The zero-order valence-electron chi connectivity index (χ0n) is 10.0. The summed E-state index contributed by atoms with van der Waals surface area (Å²) in [7, 11) is 0. The van der Waals surface area contributed by atoms with Gasteiger partial charge in [0.2, 0.25) is 0 Å². The van der Waals surface area contributed by atoms with Crippen molar-refractivity contribution in [1.29, 1.82) is 0 Å². The fourth-order valence-electron chi connectivity index (χ4n) is 1.81. The van der Waals surface area contributed by atoms with E-state index in [9.17, 15) is 10.2 Å². The first-order chi connectivity index (χ1) is 7.23. The number of hydrogen-bond acceptors (Lipinski definition) is 3. The van der Waals surface area contributed by atoms with Gasteiger partial charge in [0, 0.05) is 11.6 Å². The van der Waals surface area contributed by atoms with Gasteiger partial charge in [0.1, 0.15) is 12.0 Å². The third kappa shape index (κ3) is 2.80. The number of aliphatic hydroxyl groups excluding tert-OH is 1. The Morgan fingerprint density at radius 2 is 1.88 bits per heavy atom. The minimum Gasteiger partial charge on any atom is -0.508 e. The second kappa shape index (κ2) is 4.52. The van der Waals surface area contributed by atoms with Gasteiger partial charge in [0.05, 0.1) is 10.7 Å². The van der Waals surface area contributed by atoms with Crippen LogP contribution in [0.2, 0.25) is 5.02 Å². The van der Waals surface area contributed by atoms with Gasteiger partial charge in [0.25, 0.3) is 0 Å². The van der Waals surface area contributed by atoms with Gasteiger partial charge in [-0.1, -0.05) is 11.6 Å². The number of aromatic hydroxyl groups is 1. The van der Waals surface area contributed by atoms with E-state index in [1.807, 2.05) is 20.8 Å². The molecule has 0 aliphatic carbocycles. The molecule has 0 aliphatic rings. The molecule has 1 rings (SSSR count). The Labute approximate surface area is 101 Å². The second-order valence-corrected chi connectivity index (χ2v) is 5.22. The van der Waals surface area contributed by atoms with Crippen molar-refractivity contribution < 1.29 is 10.2 Å². The van der Waals surface area contributed by atoms with Crippen molar-refractivity contribution in [2.24, 2.45) is 0 Å². The summed E-state index contributed by atoms with van der Waals surface area (Å²) in [5.41, 5.74) is 0.455. The molecule has 1 unspecified atom stereocenters. The molecule has 0 bridgehead atoms. The Hall–Kier alpha value is -0.930. The van der Waals surface area contributed by atoms with Gasteiger partial charge in [-0.25, -0.2) is 0 Å². The fourth-order valence-corrected chi connectivity index (χ4v) is 2.08. The van der Waals surface area contributed by atoms with E-state index in [0.717, 1.165) is 0 Å². The number of hydrogen-bond donors (Lipinski definition) is 2. The maximum Gasteiger partial charge on any atom is 0.124 e. The van der Waals surface area contributed by atoms with Crippen LogP contribution < -0.4 is 4.90 Å². The minimum absolute atomic E-state index is 0.119. The smallest absolute Gasteiger partial charge is 0.124 e. The minimum atomic E-state index is -0.651. The van der Waals surface area contributed by atoms with Crippen molar-refractivity contribution in [3.05, 3.63) is 23.2 Å². The van der Waals surface area contributed by atoms with Gasteiger partial charge >= 0.3 is 0 Å². The zero-order chi connectivity index (χ0) is 12.5. The van der Waals surface area contributed by atoms with Crippen LogP contribution in [0, 0.1) is 0 Å². The van der Waals surface area contributed by atoms with Crippen LogP contribution in [0.4, 0.5) is 5.69 Å². The van der Waals surface area contributed by atoms with E-state index in [4.69, 9.17) is 11.6 Å². The van der Waals surface area contributed by atoms with Crippen LogP contribution in [0.1, 0.15) is 27.7 Å². The maximum absolute atomic E-state index is 9.80. The molecule has 4 heteroatoms. The van der Waals surface area contributed by atoms with Crippen molar-refractivity contribution >= 4 is 17.3 Å². The standard InChI is InChI=1S/C12H18ClNO2/c1-8(15)14(12(2,3)4)11-6-5-9(16)7-10(11)13/h5-8,15-16H,1-4H3. The van der Waals surface area contributed by atoms with E-state index in [1.54, 1.807) is 24.0 Å². The topological polar surface area (TPSA) is 43.7 Å². The molecule has 16 heavy (non-hydrogen) atoms. The van der Waals surface area contributed by atoms with Crippen molar-refractivity contribution in [3.8, 4) is 5.75 Å². The van der Waals surface area contributed by atoms with Crippen molar-refractivity contribution in [3.63, 3.8) is 0 Å². The molecule has 0 aromatic heterocycles. The number of benzene rings is 1. The maximum atomic E-state index is 9.80. The van der Waals surface area contributed by atoms with Gasteiger partial charge in [-0.3, -0.25) is 0 Å². The molecule has 0 radical (unpaired) electrons. The van der Waals surface area contributed by atoms with Crippen LogP contribution in [0.5, 0.6) is 5.75 Å². The Morgan fingerprint density at radius 1 is 1.31 bits per heavy atom. The third-order valence-electron chi connectivity index (χ3n) is 2.29. The summed E-state index contributed by atoms with van der Waals surface area (Å²) < 4.78 is 0. The lowest BCUT2D eigenvalue weighted by Crippen LogP contribution is -2.47. The van der Waals surface area contributed by atoms with Crippen LogP contribution >= 0.6 is 11.6 Å². The first-order valence-corrected chi connectivity index (χ1v) is 5.57. The van der Waals surface area contributed by atoms with Crippen LogP contribution in [-0.4, -0.2) is 22.0 Å². The number of rotatable bonds is 2. The average Bonchev–Trinajstić information content (AvgIpc) is 2.06. The van der Waals surface area contributed by atoms with Crippen LogP contribution in [0.15, 0.2) is 18.2 Å². The molecule has 3 nitrogen and oxygen atoms in total. The van der Waals surface area contributed by atoms with Crippen molar-refractivity contribution in [2.45, 2.75) is 39.5 Å². The summed E-state index contributed by atoms with van der Waals surface area (Å²) in [5, 5.41) is 19.5. The lowest BCUT2D eigenvalue weighted by atomic mass is 10.0. The summed E-state index contributed by atoms with van der Waals surface area (Å²) in [6.45, 7) is 7.66. The zero-order valence-corrected chi connectivity index (χ0v) is 10.8. The number of phenolic OH excluding ortho intramolecular Hbond substituents is 1. The third-order valence-corrected chi connectivity index (χ3v) is 2.59. The van der Waals surface area contributed by atoms with E-state index >= 15 is 0 Å². The van der Waals surface area contributed by atoms with Crippen molar-refractivity contribution in [2.75, 3.05) is 4.90 Å². The fraction of sp³-hybridized carbons (Fsp3) is 0.500. The summed E-state index contributed by atoms with van der Waals surface area (Å²) in [6.07, 6.45) is -0.651. The summed E-state index contributed by atoms with van der Waals surface area (Å²) in [4.78, 5) is 1.80. The summed E-state index contributed by atoms with van der Waals surface area (Å²) >= 11 is 6.06. The molecule has 1 aromatic rings. The number of halogens is 1. The first-order valence-electron chi connectivity index (χ1n) is 5.19. The average molecular weight is 244 g/mol. The lowest BCUT2D eigenvalue weighted by Gasteiger charge is -2.40. The van der Waals surface area contributed by atoms with E-state index in [1.165, 1.54) is 6.07 Å². The molecular weight excluding hydrogens is 226 g/mol. The number of phenols is 1. The normalized spacial score (nSPS) is 13.6. The Morgan fingerprint density at radius 3 is 2.25 bits per heavy atom. The number of nitrogens with zero attached hydrogens (tertiary/aromatic N) is 1. The van der Waals surface area contributed by atoms with Gasteiger partial charge < -0.3 is 15.1 Å². The van der Waals surface area contributed by atoms with Gasteiger partial charge in [-0.15, -0.1) is 0 Å². The Balaban J connectivity index is 3.22. The van der Waals surface area contributed by atoms with Crippen LogP contribution in [0.25, 0.3) is 0 Å². The molecule has 1 atom stereocenters. The van der Waals surface area contributed by atoms with Gasteiger partial charge in [0.15, 0.2) is 0 Å². The molecule has 0 aliphatic heterocycles. The molecule has 2 N–H and O–H groups in total. The molecule has 1 aromatic carbocycles. The molecule has 0 heterocycles. The highest BCUT2D eigenvalue weighted by Gasteiger charge is 2.27. The Bertz CT molecular complexity index is 372. The number of aliphatic hydroxyl groups is 1. The molecule has 0 saturated carbocycles. The molecular formula is C12H18ClNO2. The molecule has 0 spiro atoms. The predicted octanol–water partition coefficient (Wildman–Crippen LogP) is 2.99. The summed E-state index contributed by atoms with van der Waals surface area (Å²) in [5.74, 6) is 0.119. The second-order valence-electron chi connectivity index (χ2n) is 4.81. The molecule has 0 saturated heterocycles. The predicted molar refractivity (Wildman–Crippen MR) is 67.0 cm³/mol. The van der Waals surface area contributed by atoms with Gasteiger partial charge in [-0.05, 0) is 39.8 Å². The van der Waals surface area contributed by atoms with Crippen molar-refractivity contribution in [1.82, 2.24) is 0 Å². The van der Waals surface area contributed by atoms with Gasteiger partial charge in [-0.2, -0.15) is 0 Å². The highest BCUT2D eigenvalue weighted by Crippen LogP contribution is 2.34. The highest BCUT2D eigenvalue weighted by molar-refractivity contribution is 6.33. The SMILES string of the molecule is CC(O)N(c1ccc(O)cc1Cl)C(C)(C)C. The number of anilines is 1. The highest BCUT2D eigenvalue weighted by atomic mass is 35.5. The monoisotopic (exact) mass is 243 g/mol. The quantitative estimate of drug-likeness (QED) is 0.785. The largest absolute Gasteiger partial charge is 0.508 e. The van der Waals surface area contributed by atoms with Crippen LogP contribution in [0.3, 0.4) is 0 Å². The van der Waals surface area contributed by atoms with Crippen LogP contribution in [-0.2, 0) is 0 Å². The molecule has 0 fully saturated rings. The van der Waals surface area contributed by atoms with E-state index < -0.39 is 6.23 Å². The first kappa shape index (κ1) is 13.1. The summed E-state index contributed by atoms with van der Waals surface area (Å²) in [6, 6.07) is 4.73. The Kier molecular flexibility index (Phi) is 3.71.